The lowest BCUT2D eigenvalue weighted by molar-refractivity contribution is 0.264. The normalized spacial score (nSPS) is 24.2. The van der Waals surface area contributed by atoms with Gasteiger partial charge in [0.2, 0.25) is 0 Å². The van der Waals surface area contributed by atoms with Gasteiger partial charge in [0.1, 0.15) is 5.82 Å². The quantitative estimate of drug-likeness (QED) is 0.864. The molecule has 0 spiro atoms. The number of rotatable bonds is 4. The van der Waals surface area contributed by atoms with Crippen LogP contribution in [0.2, 0.25) is 5.02 Å². The molecular formula is C15H21ClFN. The molecule has 0 bridgehead atoms. The molecule has 18 heavy (non-hydrogen) atoms. The Labute approximate surface area is 114 Å². The van der Waals surface area contributed by atoms with E-state index >= 15 is 0 Å². The first-order valence-corrected chi connectivity index (χ1v) is 7.25. The summed E-state index contributed by atoms with van der Waals surface area (Å²) in [5, 5.41) is 4.24. The van der Waals surface area contributed by atoms with Gasteiger partial charge in [0, 0.05) is 11.1 Å². The molecule has 0 aromatic heterocycles. The second-order valence-electron chi connectivity index (χ2n) is 5.15. The van der Waals surface area contributed by atoms with Gasteiger partial charge >= 0.3 is 0 Å². The predicted molar refractivity (Wildman–Crippen MR) is 74.5 cm³/mol. The van der Waals surface area contributed by atoms with Gasteiger partial charge in [-0.25, -0.2) is 4.39 Å². The summed E-state index contributed by atoms with van der Waals surface area (Å²) in [5.41, 5.74) is 0.950. The fourth-order valence-corrected chi connectivity index (χ4v) is 3.16. The molecule has 2 unspecified atom stereocenters. The second-order valence-corrected chi connectivity index (χ2v) is 5.56. The summed E-state index contributed by atoms with van der Waals surface area (Å²) in [6.45, 7) is 3.14. The minimum absolute atomic E-state index is 0.190. The highest BCUT2D eigenvalue weighted by atomic mass is 35.5. The molecule has 0 radical (unpaired) electrons. The van der Waals surface area contributed by atoms with Gasteiger partial charge < -0.3 is 5.32 Å². The third kappa shape index (κ3) is 3.46. The first-order valence-electron chi connectivity index (χ1n) is 6.88. The highest BCUT2D eigenvalue weighted by Crippen LogP contribution is 2.30. The average molecular weight is 270 g/mol. The Hall–Kier alpha value is -0.600. The molecular weight excluding hydrogens is 249 g/mol. The Morgan fingerprint density at radius 3 is 2.89 bits per heavy atom. The van der Waals surface area contributed by atoms with Crippen LogP contribution in [-0.4, -0.2) is 12.6 Å². The molecule has 1 aliphatic rings. The summed E-state index contributed by atoms with van der Waals surface area (Å²) < 4.78 is 13.3. The zero-order chi connectivity index (χ0) is 13.0. The van der Waals surface area contributed by atoms with Gasteiger partial charge in [0.05, 0.1) is 0 Å². The molecule has 0 saturated heterocycles. The van der Waals surface area contributed by atoms with Crippen molar-refractivity contribution in [2.75, 3.05) is 6.54 Å². The molecule has 1 aliphatic carbocycles. The molecule has 1 fully saturated rings. The first-order chi connectivity index (χ1) is 8.70. The van der Waals surface area contributed by atoms with E-state index in [2.05, 4.69) is 12.2 Å². The van der Waals surface area contributed by atoms with Crippen molar-refractivity contribution in [2.45, 2.75) is 45.1 Å². The summed E-state index contributed by atoms with van der Waals surface area (Å²) in [6, 6.07) is 5.23. The predicted octanol–water partition coefficient (Wildman–Crippen LogP) is 4.19. The van der Waals surface area contributed by atoms with Crippen molar-refractivity contribution in [3.63, 3.8) is 0 Å². The molecule has 3 heteroatoms. The standard InChI is InChI=1S/C15H21ClFN/c1-2-18-15-6-4-3-5-11(15)9-12-10-13(17)7-8-14(12)16/h7-8,10-11,15,18H,2-6,9H2,1H3. The number of hydrogen-bond acceptors (Lipinski definition) is 1. The topological polar surface area (TPSA) is 12.0 Å². The monoisotopic (exact) mass is 269 g/mol. The Morgan fingerprint density at radius 2 is 2.11 bits per heavy atom. The summed E-state index contributed by atoms with van der Waals surface area (Å²) in [4.78, 5) is 0. The number of nitrogens with one attached hydrogen (secondary N) is 1. The van der Waals surface area contributed by atoms with Gasteiger partial charge in [-0.15, -0.1) is 0 Å². The van der Waals surface area contributed by atoms with Crippen molar-refractivity contribution in [1.29, 1.82) is 0 Å². The van der Waals surface area contributed by atoms with E-state index in [0.717, 1.165) is 18.5 Å². The molecule has 2 atom stereocenters. The molecule has 0 amide bonds. The lowest BCUT2D eigenvalue weighted by Gasteiger charge is -2.32. The van der Waals surface area contributed by atoms with Crippen LogP contribution in [0.3, 0.4) is 0 Å². The van der Waals surface area contributed by atoms with E-state index in [4.69, 9.17) is 11.6 Å². The highest BCUT2D eigenvalue weighted by Gasteiger charge is 2.25. The summed E-state index contributed by atoms with van der Waals surface area (Å²) in [5.74, 6) is 0.392. The van der Waals surface area contributed by atoms with Crippen molar-refractivity contribution in [2.24, 2.45) is 5.92 Å². The lowest BCUT2D eigenvalue weighted by atomic mass is 9.80. The van der Waals surface area contributed by atoms with E-state index in [-0.39, 0.29) is 5.82 Å². The van der Waals surface area contributed by atoms with E-state index in [1.165, 1.54) is 31.7 Å². The summed E-state index contributed by atoms with van der Waals surface area (Å²) in [6.07, 6.45) is 5.90. The minimum atomic E-state index is -0.190. The van der Waals surface area contributed by atoms with E-state index < -0.39 is 0 Å². The summed E-state index contributed by atoms with van der Waals surface area (Å²) >= 11 is 6.15. The van der Waals surface area contributed by atoms with Gasteiger partial charge in [-0.05, 0) is 55.5 Å². The van der Waals surface area contributed by atoms with Crippen LogP contribution < -0.4 is 5.32 Å². The zero-order valence-electron chi connectivity index (χ0n) is 10.9. The van der Waals surface area contributed by atoms with E-state index in [1.54, 1.807) is 12.1 Å². The molecule has 1 saturated carbocycles. The molecule has 100 valence electrons. The van der Waals surface area contributed by atoms with Gasteiger partial charge in [-0.2, -0.15) is 0 Å². The fraction of sp³-hybridized carbons (Fsp3) is 0.600. The number of benzene rings is 1. The molecule has 0 aliphatic heterocycles. The minimum Gasteiger partial charge on any atom is -0.314 e. The van der Waals surface area contributed by atoms with Crippen LogP contribution >= 0.6 is 11.6 Å². The van der Waals surface area contributed by atoms with Gasteiger partial charge in [-0.3, -0.25) is 0 Å². The van der Waals surface area contributed by atoms with Crippen molar-refractivity contribution in [3.8, 4) is 0 Å². The van der Waals surface area contributed by atoms with E-state index in [0.29, 0.717) is 17.0 Å². The number of halogens is 2. The van der Waals surface area contributed by atoms with Crippen molar-refractivity contribution in [1.82, 2.24) is 5.32 Å². The first kappa shape index (κ1) is 13.8. The smallest absolute Gasteiger partial charge is 0.123 e. The van der Waals surface area contributed by atoms with E-state index in [1.807, 2.05) is 0 Å². The van der Waals surface area contributed by atoms with E-state index in [9.17, 15) is 4.39 Å². The summed E-state index contributed by atoms with van der Waals surface area (Å²) in [7, 11) is 0. The van der Waals surface area contributed by atoms with Gasteiger partial charge in [0.15, 0.2) is 0 Å². The fourth-order valence-electron chi connectivity index (χ4n) is 2.97. The Bertz CT molecular complexity index is 392. The maximum atomic E-state index is 13.3. The molecule has 1 N–H and O–H groups in total. The van der Waals surface area contributed by atoms with Crippen molar-refractivity contribution < 1.29 is 4.39 Å². The van der Waals surface area contributed by atoms with Gasteiger partial charge in [-0.1, -0.05) is 31.4 Å². The molecule has 1 aromatic carbocycles. The molecule has 0 heterocycles. The maximum absolute atomic E-state index is 13.3. The average Bonchev–Trinajstić information content (AvgIpc) is 2.36. The largest absolute Gasteiger partial charge is 0.314 e. The molecule has 1 nitrogen and oxygen atoms in total. The SMILES string of the molecule is CCNC1CCCCC1Cc1cc(F)ccc1Cl. The van der Waals surface area contributed by atoms with Gasteiger partial charge in [0.25, 0.3) is 0 Å². The van der Waals surface area contributed by atoms with Crippen LogP contribution in [0, 0.1) is 11.7 Å². The third-order valence-electron chi connectivity index (χ3n) is 3.87. The highest BCUT2D eigenvalue weighted by molar-refractivity contribution is 6.31. The molecule has 1 aromatic rings. The second kappa shape index (κ2) is 6.53. The van der Waals surface area contributed by atoms with Crippen LogP contribution in [0.5, 0.6) is 0 Å². The third-order valence-corrected chi connectivity index (χ3v) is 4.23. The lowest BCUT2D eigenvalue weighted by Crippen LogP contribution is -2.39. The van der Waals surface area contributed by atoms with Crippen LogP contribution in [0.4, 0.5) is 4.39 Å². The van der Waals surface area contributed by atoms with Crippen LogP contribution in [0.25, 0.3) is 0 Å². The van der Waals surface area contributed by atoms with Crippen LogP contribution in [0.15, 0.2) is 18.2 Å². The zero-order valence-corrected chi connectivity index (χ0v) is 11.6. The number of hydrogen-bond donors (Lipinski definition) is 1. The van der Waals surface area contributed by atoms with Crippen molar-refractivity contribution in [3.05, 3.63) is 34.6 Å². The Morgan fingerprint density at radius 1 is 1.33 bits per heavy atom. The van der Waals surface area contributed by atoms with Crippen LogP contribution in [-0.2, 0) is 6.42 Å². The van der Waals surface area contributed by atoms with Crippen molar-refractivity contribution >= 4 is 11.6 Å². The van der Waals surface area contributed by atoms with Crippen LogP contribution in [0.1, 0.15) is 38.2 Å². The maximum Gasteiger partial charge on any atom is 0.123 e. The Balaban J connectivity index is 2.08. The Kier molecular flexibility index (Phi) is 5.02. The molecule has 2 rings (SSSR count).